The Hall–Kier alpha value is -1.35. The van der Waals surface area contributed by atoms with Gasteiger partial charge in [-0.05, 0) is 12.1 Å². The first kappa shape index (κ1) is 22.6. The topological polar surface area (TPSA) is 68.0 Å². The number of hydrogen-bond donors (Lipinski definition) is 2. The van der Waals surface area contributed by atoms with Gasteiger partial charge in [-0.15, -0.1) is 36.2 Å². The molecule has 10 heteroatoms. The second-order valence-corrected chi connectivity index (χ2v) is 5.40. The normalized spacial score (nSPS) is 10.5. The Morgan fingerprint density at radius 2 is 2.00 bits per heavy atom. The van der Waals surface area contributed by atoms with E-state index < -0.39 is 11.7 Å². The van der Waals surface area contributed by atoms with Crippen molar-refractivity contribution in [3.63, 3.8) is 0 Å². The number of aromatic nitrogens is 1. The number of carbonyl (C=O) groups excluding carboxylic acids is 1. The molecule has 1 heterocycles. The number of hydrogen-bond acceptors (Lipinski definition) is 4. The molecule has 0 saturated heterocycles. The molecule has 0 fully saturated rings. The molecule has 0 aliphatic rings. The zero-order chi connectivity index (χ0) is 16.2. The monoisotopic (exact) mass is 401 g/mol. The van der Waals surface area contributed by atoms with Crippen molar-refractivity contribution >= 4 is 42.1 Å². The highest BCUT2D eigenvalue weighted by molar-refractivity contribution is 7.13. The average Bonchev–Trinajstić information content (AvgIpc) is 2.93. The van der Waals surface area contributed by atoms with E-state index >= 15 is 0 Å². The molecule has 2 rings (SSSR count). The number of amides is 1. The average molecular weight is 402 g/mol. The number of halogens is 5. The second-order valence-electron chi connectivity index (χ2n) is 4.54. The summed E-state index contributed by atoms with van der Waals surface area (Å²) in [5, 5.41) is 4.73. The van der Waals surface area contributed by atoms with Crippen molar-refractivity contribution in [1.29, 1.82) is 0 Å². The Morgan fingerprint density at radius 3 is 2.62 bits per heavy atom. The third-order valence-electron chi connectivity index (χ3n) is 2.80. The number of alkyl halides is 3. The first-order chi connectivity index (χ1) is 10.4. The largest absolute Gasteiger partial charge is 0.416 e. The number of rotatable bonds is 5. The highest BCUT2D eigenvalue weighted by Crippen LogP contribution is 2.33. The van der Waals surface area contributed by atoms with Crippen LogP contribution >= 0.6 is 36.2 Å². The van der Waals surface area contributed by atoms with Crippen molar-refractivity contribution in [2.75, 3.05) is 13.1 Å². The molecule has 1 amide bonds. The Labute approximate surface area is 153 Å². The van der Waals surface area contributed by atoms with Gasteiger partial charge < -0.3 is 11.1 Å². The number of nitrogens with two attached hydrogens (primary N) is 1. The summed E-state index contributed by atoms with van der Waals surface area (Å²) in [6.07, 6.45) is -4.31. The fraction of sp³-hybridized carbons (Fsp3) is 0.286. The van der Waals surface area contributed by atoms with Crippen molar-refractivity contribution in [2.24, 2.45) is 5.73 Å². The van der Waals surface area contributed by atoms with Gasteiger partial charge in [0.25, 0.3) is 0 Å². The summed E-state index contributed by atoms with van der Waals surface area (Å²) in [5.41, 5.74) is 5.46. The Kier molecular flexibility index (Phi) is 9.27. The lowest BCUT2D eigenvalue weighted by atomic mass is 10.1. The molecular weight excluding hydrogens is 386 g/mol. The van der Waals surface area contributed by atoms with Crippen LogP contribution in [0.2, 0.25) is 0 Å². The molecule has 0 aliphatic carbocycles. The molecule has 4 nitrogen and oxygen atoms in total. The van der Waals surface area contributed by atoms with Gasteiger partial charge in [0.05, 0.1) is 17.7 Å². The van der Waals surface area contributed by atoms with E-state index in [1.807, 2.05) is 0 Å². The number of nitrogens with one attached hydrogen (secondary N) is 1. The minimum Gasteiger partial charge on any atom is -0.354 e. The molecule has 0 radical (unpaired) electrons. The number of carbonyl (C=O) groups is 1. The van der Waals surface area contributed by atoms with E-state index in [9.17, 15) is 18.0 Å². The molecule has 0 aliphatic heterocycles. The van der Waals surface area contributed by atoms with Crippen LogP contribution in [-0.2, 0) is 17.4 Å². The lowest BCUT2D eigenvalue weighted by Gasteiger charge is -2.07. The first-order valence-corrected chi connectivity index (χ1v) is 7.37. The van der Waals surface area contributed by atoms with Gasteiger partial charge in [-0.1, -0.05) is 12.1 Å². The summed E-state index contributed by atoms with van der Waals surface area (Å²) >= 11 is 1.20. The second kappa shape index (κ2) is 9.83. The molecule has 0 saturated carbocycles. The van der Waals surface area contributed by atoms with Crippen LogP contribution in [0.4, 0.5) is 13.2 Å². The third-order valence-corrected chi connectivity index (χ3v) is 3.74. The predicted molar refractivity (Wildman–Crippen MR) is 92.8 cm³/mol. The summed E-state index contributed by atoms with van der Waals surface area (Å²) in [6, 6.07) is 4.97. The van der Waals surface area contributed by atoms with Crippen LogP contribution in [0.5, 0.6) is 0 Å². The summed E-state index contributed by atoms with van der Waals surface area (Å²) in [6.45, 7) is 0.724. The minimum atomic E-state index is -4.39. The molecule has 0 spiro atoms. The maximum atomic E-state index is 12.7. The van der Waals surface area contributed by atoms with Gasteiger partial charge in [-0.3, -0.25) is 4.79 Å². The fourth-order valence-electron chi connectivity index (χ4n) is 1.79. The molecule has 2 aromatic rings. The summed E-state index contributed by atoms with van der Waals surface area (Å²) in [5.74, 6) is -0.216. The Morgan fingerprint density at radius 1 is 1.29 bits per heavy atom. The lowest BCUT2D eigenvalue weighted by Crippen LogP contribution is -2.30. The van der Waals surface area contributed by atoms with Crippen molar-refractivity contribution < 1.29 is 18.0 Å². The van der Waals surface area contributed by atoms with Gasteiger partial charge in [-0.2, -0.15) is 13.2 Å². The number of benzene rings is 1. The third kappa shape index (κ3) is 6.27. The van der Waals surface area contributed by atoms with Crippen molar-refractivity contribution in [2.45, 2.75) is 12.6 Å². The van der Waals surface area contributed by atoms with Gasteiger partial charge >= 0.3 is 6.18 Å². The van der Waals surface area contributed by atoms with E-state index in [0.717, 1.165) is 12.1 Å². The van der Waals surface area contributed by atoms with E-state index in [4.69, 9.17) is 5.73 Å². The van der Waals surface area contributed by atoms with E-state index in [-0.39, 0.29) is 37.1 Å². The molecule has 0 bridgehead atoms. The van der Waals surface area contributed by atoms with E-state index in [2.05, 4.69) is 10.3 Å². The maximum absolute atomic E-state index is 12.7. The van der Waals surface area contributed by atoms with E-state index in [0.29, 0.717) is 29.4 Å². The van der Waals surface area contributed by atoms with Gasteiger partial charge in [0.2, 0.25) is 5.91 Å². The summed E-state index contributed by atoms with van der Waals surface area (Å²) in [4.78, 5) is 15.8. The molecule has 0 atom stereocenters. The number of thiazole rings is 1. The van der Waals surface area contributed by atoms with Crippen molar-refractivity contribution in [3.8, 4) is 10.6 Å². The molecular formula is C14H16Cl2F3N3OS. The molecule has 1 aromatic carbocycles. The molecule has 0 unspecified atom stereocenters. The van der Waals surface area contributed by atoms with Crippen LogP contribution < -0.4 is 11.1 Å². The Balaban J connectivity index is 0.00000264. The van der Waals surface area contributed by atoms with E-state index in [1.54, 1.807) is 11.4 Å². The van der Waals surface area contributed by atoms with Crippen LogP contribution in [0, 0.1) is 0 Å². The molecule has 24 heavy (non-hydrogen) atoms. The van der Waals surface area contributed by atoms with Gasteiger partial charge in [0, 0.05) is 24.0 Å². The van der Waals surface area contributed by atoms with Crippen molar-refractivity contribution in [3.05, 3.63) is 40.9 Å². The Bertz CT molecular complexity index is 665. The SMILES string of the molecule is Cl.Cl.NCCNC(=O)Cc1csc(-c2cccc(C(F)(F)F)c2)n1. The van der Waals surface area contributed by atoms with Crippen LogP contribution in [0.25, 0.3) is 10.6 Å². The lowest BCUT2D eigenvalue weighted by molar-refractivity contribution is -0.137. The van der Waals surface area contributed by atoms with Crippen LogP contribution in [0.3, 0.4) is 0 Å². The van der Waals surface area contributed by atoms with Gasteiger partial charge in [-0.25, -0.2) is 4.98 Å². The zero-order valence-electron chi connectivity index (χ0n) is 12.3. The van der Waals surface area contributed by atoms with Crippen LogP contribution in [0.15, 0.2) is 29.6 Å². The van der Waals surface area contributed by atoms with Crippen LogP contribution in [0.1, 0.15) is 11.3 Å². The zero-order valence-corrected chi connectivity index (χ0v) is 14.7. The standard InChI is InChI=1S/C14H14F3N3OS.2ClH/c15-14(16,17)10-3-1-2-9(6-10)13-20-11(8-22-13)7-12(21)19-5-4-18;;/h1-3,6,8H,4-5,7,18H2,(H,19,21);2*1H. The highest BCUT2D eigenvalue weighted by atomic mass is 35.5. The van der Waals surface area contributed by atoms with Gasteiger partial charge in [0.15, 0.2) is 0 Å². The summed E-state index contributed by atoms with van der Waals surface area (Å²) in [7, 11) is 0. The van der Waals surface area contributed by atoms with Gasteiger partial charge in [0.1, 0.15) is 5.01 Å². The van der Waals surface area contributed by atoms with Crippen molar-refractivity contribution in [1.82, 2.24) is 10.3 Å². The predicted octanol–water partition coefficient (Wildman–Crippen LogP) is 3.29. The quantitative estimate of drug-likeness (QED) is 0.807. The van der Waals surface area contributed by atoms with Crippen LogP contribution in [-0.4, -0.2) is 24.0 Å². The minimum absolute atomic E-state index is 0. The van der Waals surface area contributed by atoms with E-state index in [1.165, 1.54) is 17.4 Å². The number of nitrogens with zero attached hydrogens (tertiary/aromatic N) is 1. The molecule has 1 aromatic heterocycles. The smallest absolute Gasteiger partial charge is 0.354 e. The molecule has 134 valence electrons. The summed E-state index contributed by atoms with van der Waals surface area (Å²) < 4.78 is 38.1. The molecule has 3 N–H and O–H groups in total. The maximum Gasteiger partial charge on any atom is 0.416 e. The highest BCUT2D eigenvalue weighted by Gasteiger charge is 2.30. The first-order valence-electron chi connectivity index (χ1n) is 6.49. The fourth-order valence-corrected chi connectivity index (χ4v) is 2.60.